The average molecular weight is 311 g/mol. The fourth-order valence-corrected chi connectivity index (χ4v) is 3.02. The van der Waals surface area contributed by atoms with Gasteiger partial charge < -0.3 is 10.2 Å². The van der Waals surface area contributed by atoms with Gasteiger partial charge in [0, 0.05) is 34.8 Å². The summed E-state index contributed by atoms with van der Waals surface area (Å²) in [5.41, 5.74) is 3.00. The van der Waals surface area contributed by atoms with Gasteiger partial charge in [0.25, 0.3) is 0 Å². The van der Waals surface area contributed by atoms with Crippen molar-refractivity contribution in [1.29, 1.82) is 0 Å². The van der Waals surface area contributed by atoms with Crippen LogP contribution in [-0.2, 0) is 6.42 Å². The molecule has 1 aromatic rings. The highest BCUT2D eigenvalue weighted by molar-refractivity contribution is 9.10. The highest BCUT2D eigenvalue weighted by Gasteiger charge is 2.31. The Balaban J connectivity index is 2.34. The first-order chi connectivity index (χ1) is 8.43. The zero-order chi connectivity index (χ0) is 13.3. The molecule has 3 heteroatoms. The summed E-state index contributed by atoms with van der Waals surface area (Å²) >= 11 is 3.57. The second-order valence-corrected chi connectivity index (χ2v) is 6.78. The fraction of sp³-hybridized carbons (Fsp3) is 0.600. The smallest absolute Gasteiger partial charge is 0.0402 e. The molecule has 18 heavy (non-hydrogen) atoms. The van der Waals surface area contributed by atoms with Crippen LogP contribution in [0.2, 0.25) is 0 Å². The quantitative estimate of drug-likeness (QED) is 0.898. The molecule has 100 valence electrons. The number of anilines is 1. The molecule has 0 radical (unpaired) electrons. The second kappa shape index (κ2) is 5.22. The summed E-state index contributed by atoms with van der Waals surface area (Å²) in [6, 6.07) is 7.19. The van der Waals surface area contributed by atoms with E-state index in [2.05, 4.69) is 72.0 Å². The number of benzene rings is 1. The fourth-order valence-electron chi connectivity index (χ4n) is 2.61. The summed E-state index contributed by atoms with van der Waals surface area (Å²) in [5.74, 6) is 0. The first-order valence-corrected chi connectivity index (χ1v) is 7.52. The van der Waals surface area contributed by atoms with Crippen molar-refractivity contribution >= 4 is 21.6 Å². The van der Waals surface area contributed by atoms with E-state index in [1.807, 2.05) is 0 Å². The Morgan fingerprint density at radius 1 is 1.44 bits per heavy atom. The first kappa shape index (κ1) is 13.9. The average Bonchev–Trinajstić information content (AvgIpc) is 2.32. The summed E-state index contributed by atoms with van der Waals surface area (Å²) in [7, 11) is 0. The van der Waals surface area contributed by atoms with E-state index in [0.29, 0.717) is 6.04 Å². The molecule has 0 bridgehead atoms. The molecular weight excluding hydrogens is 288 g/mol. The van der Waals surface area contributed by atoms with Gasteiger partial charge in [-0.25, -0.2) is 0 Å². The minimum Gasteiger partial charge on any atom is -0.365 e. The number of halogens is 1. The Kier molecular flexibility index (Phi) is 4.02. The number of nitrogens with zero attached hydrogens (tertiary/aromatic N) is 1. The lowest BCUT2D eigenvalue weighted by Crippen LogP contribution is -2.61. The minimum absolute atomic E-state index is 0.185. The molecule has 1 atom stereocenters. The molecule has 1 aliphatic heterocycles. The zero-order valence-electron chi connectivity index (χ0n) is 11.8. The largest absolute Gasteiger partial charge is 0.365 e. The predicted octanol–water partition coefficient (Wildman–Crippen LogP) is 3.59. The third-order valence-corrected chi connectivity index (χ3v) is 4.20. The van der Waals surface area contributed by atoms with Crippen LogP contribution in [0.25, 0.3) is 0 Å². The molecule has 1 heterocycles. The maximum atomic E-state index is 3.61. The molecule has 0 spiro atoms. The summed E-state index contributed by atoms with van der Waals surface area (Å²) in [6.45, 7) is 11.2. The number of hydrogen-bond acceptors (Lipinski definition) is 2. The molecule has 0 aromatic heterocycles. The van der Waals surface area contributed by atoms with Crippen molar-refractivity contribution in [3.63, 3.8) is 0 Å². The van der Waals surface area contributed by atoms with Crippen LogP contribution >= 0.6 is 15.9 Å². The van der Waals surface area contributed by atoms with Gasteiger partial charge in [-0.15, -0.1) is 0 Å². The number of aryl methyl sites for hydroxylation is 1. The van der Waals surface area contributed by atoms with Gasteiger partial charge in [-0.1, -0.05) is 22.9 Å². The maximum absolute atomic E-state index is 3.61. The van der Waals surface area contributed by atoms with Crippen LogP contribution in [-0.4, -0.2) is 24.7 Å². The van der Waals surface area contributed by atoms with Crippen molar-refractivity contribution < 1.29 is 0 Å². The minimum atomic E-state index is 0.185. The third-order valence-electron chi connectivity index (χ3n) is 3.71. The lowest BCUT2D eigenvalue weighted by atomic mass is 9.97. The van der Waals surface area contributed by atoms with Gasteiger partial charge in [0.05, 0.1) is 0 Å². The summed E-state index contributed by atoms with van der Waals surface area (Å²) in [6.07, 6.45) is 1.08. The molecule has 2 rings (SSSR count). The molecule has 1 fully saturated rings. The first-order valence-electron chi connectivity index (χ1n) is 6.73. The van der Waals surface area contributed by atoms with Gasteiger partial charge in [0.1, 0.15) is 0 Å². The van der Waals surface area contributed by atoms with Crippen LogP contribution in [0.3, 0.4) is 0 Å². The standard InChI is InChI=1S/C15H23BrN2/c1-5-12-8-13(16)6-7-14(12)18-10-15(3,4)17-9-11(18)2/h6-8,11,17H,5,9-10H2,1-4H3. The number of hydrogen-bond donors (Lipinski definition) is 1. The van der Waals surface area contributed by atoms with E-state index >= 15 is 0 Å². The van der Waals surface area contributed by atoms with Crippen molar-refractivity contribution in [3.8, 4) is 0 Å². The van der Waals surface area contributed by atoms with Crippen molar-refractivity contribution in [2.45, 2.75) is 45.7 Å². The molecular formula is C15H23BrN2. The van der Waals surface area contributed by atoms with Gasteiger partial charge in [-0.05, 0) is 51.0 Å². The number of nitrogens with one attached hydrogen (secondary N) is 1. The van der Waals surface area contributed by atoms with E-state index in [-0.39, 0.29) is 5.54 Å². The normalized spacial score (nSPS) is 23.2. The van der Waals surface area contributed by atoms with Crippen molar-refractivity contribution in [2.75, 3.05) is 18.0 Å². The predicted molar refractivity (Wildman–Crippen MR) is 82.4 cm³/mol. The molecule has 1 saturated heterocycles. The van der Waals surface area contributed by atoms with Gasteiger partial charge in [-0.2, -0.15) is 0 Å². The molecule has 1 aromatic carbocycles. The van der Waals surface area contributed by atoms with Crippen molar-refractivity contribution in [3.05, 3.63) is 28.2 Å². The third kappa shape index (κ3) is 2.89. The number of rotatable bonds is 2. The molecule has 0 saturated carbocycles. The van der Waals surface area contributed by atoms with Gasteiger partial charge >= 0.3 is 0 Å². The summed E-state index contributed by atoms with van der Waals surface area (Å²) in [4.78, 5) is 2.54. The van der Waals surface area contributed by atoms with Crippen LogP contribution in [0.15, 0.2) is 22.7 Å². The molecule has 1 aliphatic rings. The second-order valence-electron chi connectivity index (χ2n) is 5.87. The van der Waals surface area contributed by atoms with Crippen LogP contribution in [0.5, 0.6) is 0 Å². The van der Waals surface area contributed by atoms with Gasteiger partial charge in [-0.3, -0.25) is 0 Å². The Labute approximate surface area is 119 Å². The lowest BCUT2D eigenvalue weighted by Gasteiger charge is -2.45. The zero-order valence-corrected chi connectivity index (χ0v) is 13.3. The Morgan fingerprint density at radius 3 is 2.83 bits per heavy atom. The molecule has 0 amide bonds. The SMILES string of the molecule is CCc1cc(Br)ccc1N1CC(C)(C)NCC1C. The topological polar surface area (TPSA) is 15.3 Å². The Morgan fingerprint density at radius 2 is 2.17 bits per heavy atom. The highest BCUT2D eigenvalue weighted by Crippen LogP contribution is 2.29. The molecule has 1 unspecified atom stereocenters. The van der Waals surface area contributed by atoms with Crippen molar-refractivity contribution in [1.82, 2.24) is 5.32 Å². The monoisotopic (exact) mass is 310 g/mol. The Bertz CT molecular complexity index is 429. The number of piperazine rings is 1. The van der Waals surface area contributed by atoms with E-state index < -0.39 is 0 Å². The molecule has 0 aliphatic carbocycles. The summed E-state index contributed by atoms with van der Waals surface area (Å²) < 4.78 is 1.17. The van der Waals surface area contributed by atoms with Crippen LogP contribution in [0.1, 0.15) is 33.3 Å². The van der Waals surface area contributed by atoms with E-state index in [9.17, 15) is 0 Å². The van der Waals surface area contributed by atoms with E-state index in [1.54, 1.807) is 0 Å². The lowest BCUT2D eigenvalue weighted by molar-refractivity contribution is 0.318. The van der Waals surface area contributed by atoms with Crippen LogP contribution < -0.4 is 10.2 Å². The Hall–Kier alpha value is -0.540. The summed E-state index contributed by atoms with van der Waals surface area (Å²) in [5, 5.41) is 3.61. The van der Waals surface area contributed by atoms with E-state index in [1.165, 1.54) is 15.7 Å². The van der Waals surface area contributed by atoms with E-state index in [0.717, 1.165) is 19.5 Å². The molecule has 1 N–H and O–H groups in total. The van der Waals surface area contributed by atoms with Crippen molar-refractivity contribution in [2.24, 2.45) is 0 Å². The van der Waals surface area contributed by atoms with Gasteiger partial charge in [0.15, 0.2) is 0 Å². The van der Waals surface area contributed by atoms with Gasteiger partial charge in [0.2, 0.25) is 0 Å². The molecule has 2 nitrogen and oxygen atoms in total. The van der Waals surface area contributed by atoms with Crippen LogP contribution in [0, 0.1) is 0 Å². The maximum Gasteiger partial charge on any atom is 0.0402 e. The van der Waals surface area contributed by atoms with Crippen LogP contribution in [0.4, 0.5) is 5.69 Å². The van der Waals surface area contributed by atoms with E-state index in [4.69, 9.17) is 0 Å². The highest BCUT2D eigenvalue weighted by atomic mass is 79.9.